The molecule has 0 saturated heterocycles. The van der Waals surface area contributed by atoms with Crippen molar-refractivity contribution in [3.8, 4) is 11.1 Å². The predicted molar refractivity (Wildman–Crippen MR) is 106 cm³/mol. The van der Waals surface area contributed by atoms with Gasteiger partial charge >= 0.3 is 0 Å². The van der Waals surface area contributed by atoms with Crippen LogP contribution in [0.25, 0.3) is 17.2 Å². The lowest BCUT2D eigenvalue weighted by atomic mass is 10.0. The number of allylic oxidation sites excluding steroid dienone is 1. The number of carbonyl (C=O) groups is 1. The van der Waals surface area contributed by atoms with Gasteiger partial charge in [-0.3, -0.25) is 14.9 Å². The smallest absolute Gasteiger partial charge is 0.269 e. The summed E-state index contributed by atoms with van der Waals surface area (Å²) in [6.07, 6.45) is 1.73. The van der Waals surface area contributed by atoms with Gasteiger partial charge in [-0.15, -0.1) is 0 Å². The van der Waals surface area contributed by atoms with Gasteiger partial charge in [0, 0.05) is 17.7 Å². The van der Waals surface area contributed by atoms with Gasteiger partial charge in [-0.1, -0.05) is 54.6 Å². The lowest BCUT2D eigenvalue weighted by Crippen LogP contribution is -1.99. The zero-order valence-electron chi connectivity index (χ0n) is 13.6. The highest BCUT2D eigenvalue weighted by atomic mass is 79.9. The Balaban J connectivity index is 1.78. The molecular weight excluding hydrogens is 394 g/mol. The lowest BCUT2D eigenvalue weighted by molar-refractivity contribution is -0.384. The standard InChI is InChI=1S/C21H14BrNO3/c22-20(21(24)18-10-12-19(13-11-18)23(25)26)14-15-6-8-17(9-7-15)16-4-2-1-3-5-16/h1-14H/b20-14-. The van der Waals surface area contributed by atoms with E-state index in [0.717, 1.165) is 16.7 Å². The molecule has 3 aromatic carbocycles. The molecular formula is C21H14BrNO3. The monoisotopic (exact) mass is 407 g/mol. The fourth-order valence-corrected chi connectivity index (χ4v) is 2.98. The normalized spacial score (nSPS) is 11.2. The maximum absolute atomic E-state index is 12.4. The van der Waals surface area contributed by atoms with Crippen molar-refractivity contribution in [2.75, 3.05) is 0 Å². The van der Waals surface area contributed by atoms with Crippen molar-refractivity contribution in [3.05, 3.63) is 105 Å². The van der Waals surface area contributed by atoms with E-state index in [1.165, 1.54) is 24.3 Å². The molecule has 0 spiro atoms. The van der Waals surface area contributed by atoms with Crippen LogP contribution in [0, 0.1) is 10.1 Å². The minimum Gasteiger partial charge on any atom is -0.288 e. The number of Topliss-reactive ketones (excluding diaryl/α,β-unsaturated/α-hetero) is 1. The Hall–Kier alpha value is -3.05. The molecule has 128 valence electrons. The van der Waals surface area contributed by atoms with E-state index >= 15 is 0 Å². The molecule has 0 heterocycles. The van der Waals surface area contributed by atoms with Gasteiger partial charge in [-0.2, -0.15) is 0 Å². The summed E-state index contributed by atoms with van der Waals surface area (Å²) < 4.78 is 0.388. The van der Waals surface area contributed by atoms with Crippen molar-refractivity contribution < 1.29 is 9.72 Å². The van der Waals surface area contributed by atoms with Crippen LogP contribution in [-0.2, 0) is 0 Å². The van der Waals surface area contributed by atoms with Gasteiger partial charge in [-0.05, 0) is 50.8 Å². The molecule has 0 saturated carbocycles. The summed E-state index contributed by atoms with van der Waals surface area (Å²) in [7, 11) is 0. The van der Waals surface area contributed by atoms with Gasteiger partial charge in [0.15, 0.2) is 5.78 Å². The van der Waals surface area contributed by atoms with Crippen LogP contribution in [0.5, 0.6) is 0 Å². The number of benzene rings is 3. The van der Waals surface area contributed by atoms with Gasteiger partial charge in [0.05, 0.1) is 9.41 Å². The summed E-state index contributed by atoms with van der Waals surface area (Å²) in [5, 5.41) is 10.7. The summed E-state index contributed by atoms with van der Waals surface area (Å²) in [4.78, 5) is 22.6. The van der Waals surface area contributed by atoms with Crippen molar-refractivity contribution >= 4 is 33.5 Å². The minimum absolute atomic E-state index is 0.0434. The number of non-ortho nitro benzene ring substituents is 1. The molecule has 0 atom stereocenters. The van der Waals surface area contributed by atoms with E-state index in [0.29, 0.717) is 10.0 Å². The number of nitro groups is 1. The molecule has 0 N–H and O–H groups in total. The van der Waals surface area contributed by atoms with Crippen molar-refractivity contribution in [1.29, 1.82) is 0 Å². The third kappa shape index (κ3) is 4.13. The number of hydrogen-bond donors (Lipinski definition) is 0. The number of rotatable bonds is 5. The van der Waals surface area contributed by atoms with Crippen LogP contribution in [-0.4, -0.2) is 10.7 Å². The molecule has 0 unspecified atom stereocenters. The molecule has 0 aromatic heterocycles. The van der Waals surface area contributed by atoms with Crippen LogP contribution in [0.2, 0.25) is 0 Å². The molecule has 3 rings (SSSR count). The summed E-state index contributed by atoms with van der Waals surface area (Å²) >= 11 is 3.31. The second kappa shape index (κ2) is 7.89. The lowest BCUT2D eigenvalue weighted by Gasteiger charge is -2.03. The maximum Gasteiger partial charge on any atom is 0.269 e. The molecule has 0 bridgehead atoms. The second-order valence-corrected chi connectivity index (χ2v) is 6.47. The predicted octanol–water partition coefficient (Wildman–Crippen LogP) is 5.88. The van der Waals surface area contributed by atoms with Crippen molar-refractivity contribution in [3.63, 3.8) is 0 Å². The molecule has 0 radical (unpaired) electrons. The zero-order chi connectivity index (χ0) is 18.5. The Kier molecular flexibility index (Phi) is 5.39. The molecule has 0 aliphatic carbocycles. The Morgan fingerprint density at radius 2 is 1.42 bits per heavy atom. The largest absolute Gasteiger partial charge is 0.288 e. The molecule has 5 heteroatoms. The number of halogens is 1. The van der Waals surface area contributed by atoms with Crippen molar-refractivity contribution in [2.24, 2.45) is 0 Å². The number of ketones is 1. The third-order valence-electron chi connectivity index (χ3n) is 3.87. The van der Waals surface area contributed by atoms with E-state index in [4.69, 9.17) is 0 Å². The highest BCUT2D eigenvalue weighted by Gasteiger charge is 2.12. The first-order valence-electron chi connectivity index (χ1n) is 7.86. The van der Waals surface area contributed by atoms with Crippen LogP contribution in [0.15, 0.2) is 83.3 Å². The first kappa shape index (κ1) is 17.8. The van der Waals surface area contributed by atoms with E-state index < -0.39 is 4.92 Å². The molecule has 4 nitrogen and oxygen atoms in total. The molecule has 0 aliphatic rings. The summed E-state index contributed by atoms with van der Waals surface area (Å²) in [5.74, 6) is -0.230. The molecule has 0 fully saturated rings. The van der Waals surface area contributed by atoms with E-state index in [1.54, 1.807) is 6.08 Å². The zero-order valence-corrected chi connectivity index (χ0v) is 15.2. The minimum atomic E-state index is -0.493. The second-order valence-electron chi connectivity index (χ2n) is 5.61. The van der Waals surface area contributed by atoms with E-state index in [1.807, 2.05) is 54.6 Å². The Morgan fingerprint density at radius 3 is 2.00 bits per heavy atom. The average Bonchev–Trinajstić information content (AvgIpc) is 2.68. The van der Waals surface area contributed by atoms with Crippen molar-refractivity contribution in [2.45, 2.75) is 0 Å². The van der Waals surface area contributed by atoms with E-state index in [2.05, 4.69) is 15.9 Å². The molecule has 0 aliphatic heterocycles. The molecule has 3 aromatic rings. The maximum atomic E-state index is 12.4. The summed E-state index contributed by atoms with van der Waals surface area (Å²) in [6.45, 7) is 0. The third-order valence-corrected chi connectivity index (χ3v) is 4.46. The van der Waals surface area contributed by atoms with Gasteiger partial charge in [0.1, 0.15) is 0 Å². The Morgan fingerprint density at radius 1 is 0.846 bits per heavy atom. The Bertz CT molecular complexity index is 962. The number of hydrogen-bond acceptors (Lipinski definition) is 3. The number of nitrogens with zero attached hydrogens (tertiary/aromatic N) is 1. The number of nitro benzene ring substituents is 1. The van der Waals surface area contributed by atoms with E-state index in [9.17, 15) is 14.9 Å². The van der Waals surface area contributed by atoms with Gasteiger partial charge < -0.3 is 0 Å². The van der Waals surface area contributed by atoms with Crippen LogP contribution < -0.4 is 0 Å². The van der Waals surface area contributed by atoms with E-state index in [-0.39, 0.29) is 11.5 Å². The highest BCUT2D eigenvalue weighted by molar-refractivity contribution is 9.12. The average molecular weight is 408 g/mol. The van der Waals surface area contributed by atoms with Crippen LogP contribution in [0.1, 0.15) is 15.9 Å². The highest BCUT2D eigenvalue weighted by Crippen LogP contribution is 2.23. The van der Waals surface area contributed by atoms with Crippen LogP contribution in [0.4, 0.5) is 5.69 Å². The topological polar surface area (TPSA) is 60.2 Å². The summed E-state index contributed by atoms with van der Waals surface area (Å²) in [6, 6.07) is 23.5. The quantitative estimate of drug-likeness (QED) is 0.229. The molecule has 26 heavy (non-hydrogen) atoms. The number of carbonyl (C=O) groups excluding carboxylic acids is 1. The van der Waals surface area contributed by atoms with Crippen LogP contribution in [0.3, 0.4) is 0 Å². The molecule has 0 amide bonds. The van der Waals surface area contributed by atoms with Gasteiger partial charge in [0.2, 0.25) is 0 Å². The first-order valence-corrected chi connectivity index (χ1v) is 8.66. The fraction of sp³-hybridized carbons (Fsp3) is 0. The SMILES string of the molecule is O=C(/C(Br)=C/c1ccc(-c2ccccc2)cc1)c1ccc([N+](=O)[O-])cc1. The fourth-order valence-electron chi connectivity index (χ4n) is 2.49. The summed E-state index contributed by atoms with van der Waals surface area (Å²) in [5.41, 5.74) is 3.45. The Labute approximate surface area is 159 Å². The first-order chi connectivity index (χ1) is 12.5. The van der Waals surface area contributed by atoms with Crippen molar-refractivity contribution in [1.82, 2.24) is 0 Å². The van der Waals surface area contributed by atoms with Crippen LogP contribution >= 0.6 is 15.9 Å². The van der Waals surface area contributed by atoms with Gasteiger partial charge in [-0.25, -0.2) is 0 Å². The van der Waals surface area contributed by atoms with Gasteiger partial charge in [0.25, 0.3) is 5.69 Å².